The van der Waals surface area contributed by atoms with Crippen LogP contribution in [0.4, 0.5) is 0 Å². The monoisotopic (exact) mass is 194 g/mol. The summed E-state index contributed by atoms with van der Waals surface area (Å²) in [5.41, 5.74) is 0.663. The second-order valence-corrected chi connectivity index (χ2v) is 3.05. The summed E-state index contributed by atoms with van der Waals surface area (Å²) in [7, 11) is 0. The molecular weight excluding hydrogens is 180 g/mol. The first kappa shape index (κ1) is 10.7. The molecule has 1 rings (SSSR count). The number of aliphatic hydroxyl groups excluding tert-OH is 1. The van der Waals surface area contributed by atoms with E-state index >= 15 is 0 Å². The van der Waals surface area contributed by atoms with Crippen LogP contribution in [0.25, 0.3) is 0 Å². The van der Waals surface area contributed by atoms with Crippen LogP contribution in [0.2, 0.25) is 0 Å². The minimum absolute atomic E-state index is 0.259. The lowest BCUT2D eigenvalue weighted by Crippen LogP contribution is -2.05. The Morgan fingerprint density at radius 1 is 1.71 bits per heavy atom. The second kappa shape index (κ2) is 5.40. The van der Waals surface area contributed by atoms with E-state index in [1.165, 1.54) is 0 Å². The first-order valence-corrected chi connectivity index (χ1v) is 4.57. The van der Waals surface area contributed by atoms with Crippen molar-refractivity contribution in [3.8, 4) is 0 Å². The summed E-state index contributed by atoms with van der Waals surface area (Å²) in [4.78, 5) is 11.0. The van der Waals surface area contributed by atoms with Crippen LogP contribution in [0.1, 0.15) is 12.8 Å². The normalized spacial score (nSPS) is 18.1. The minimum Gasteiger partial charge on any atom is -0.458 e. The van der Waals surface area contributed by atoms with Crippen molar-refractivity contribution in [1.82, 2.24) is 0 Å². The average Bonchev–Trinajstić information content (AvgIpc) is 2.58. The van der Waals surface area contributed by atoms with Crippen LogP contribution < -0.4 is 0 Å². The third-order valence-electron chi connectivity index (χ3n) is 1.99. The Balaban J connectivity index is 2.29. The maximum Gasteiger partial charge on any atom is 0.334 e. The molecule has 0 amide bonds. The van der Waals surface area contributed by atoms with Gasteiger partial charge in [-0.05, 0) is 18.9 Å². The zero-order chi connectivity index (χ0) is 10.4. The highest BCUT2D eigenvalue weighted by atomic mass is 16.5. The summed E-state index contributed by atoms with van der Waals surface area (Å²) in [6.07, 6.45) is 7.26. The van der Waals surface area contributed by atoms with Gasteiger partial charge in [-0.3, -0.25) is 0 Å². The number of allylic oxidation sites excluding steroid dienone is 2. The van der Waals surface area contributed by atoms with Gasteiger partial charge in [-0.15, -0.1) is 0 Å². The second-order valence-electron chi connectivity index (χ2n) is 3.05. The third kappa shape index (κ3) is 3.18. The van der Waals surface area contributed by atoms with E-state index in [9.17, 15) is 9.90 Å². The molecule has 0 aromatic heterocycles. The highest BCUT2D eigenvalue weighted by Crippen LogP contribution is 2.14. The summed E-state index contributed by atoms with van der Waals surface area (Å²) >= 11 is 0. The zero-order valence-corrected chi connectivity index (χ0v) is 7.98. The lowest BCUT2D eigenvalue weighted by molar-refractivity contribution is -0.136. The van der Waals surface area contributed by atoms with Crippen LogP contribution in [0.15, 0.2) is 36.5 Å². The van der Waals surface area contributed by atoms with Crippen LogP contribution >= 0.6 is 0 Å². The lowest BCUT2D eigenvalue weighted by Gasteiger charge is -2.03. The van der Waals surface area contributed by atoms with Crippen molar-refractivity contribution < 1.29 is 14.6 Å². The van der Waals surface area contributed by atoms with Gasteiger partial charge in [-0.25, -0.2) is 4.79 Å². The van der Waals surface area contributed by atoms with E-state index in [4.69, 9.17) is 4.74 Å². The number of hydrogen-bond donors (Lipinski definition) is 1. The predicted molar refractivity (Wildman–Crippen MR) is 53.6 cm³/mol. The first-order valence-electron chi connectivity index (χ1n) is 4.57. The molecule has 1 unspecified atom stereocenters. The standard InChI is InChI=1S/C11H14O3/c1-2-3-4-10(12)6-5-9-7-8-14-11(9)13/h2-4,7,10,12H,1,5-6,8H2/b4-3+. The van der Waals surface area contributed by atoms with Crippen LogP contribution in [-0.4, -0.2) is 23.8 Å². The fourth-order valence-electron chi connectivity index (χ4n) is 1.20. The molecule has 3 heteroatoms. The van der Waals surface area contributed by atoms with Crippen molar-refractivity contribution in [3.63, 3.8) is 0 Å². The van der Waals surface area contributed by atoms with E-state index < -0.39 is 6.10 Å². The topological polar surface area (TPSA) is 46.5 Å². The Bertz CT molecular complexity index is 276. The van der Waals surface area contributed by atoms with Gasteiger partial charge in [-0.2, -0.15) is 0 Å². The molecular formula is C11H14O3. The molecule has 1 N–H and O–H groups in total. The van der Waals surface area contributed by atoms with Crippen molar-refractivity contribution in [1.29, 1.82) is 0 Å². The van der Waals surface area contributed by atoms with Crippen molar-refractivity contribution >= 4 is 5.97 Å². The number of cyclic esters (lactones) is 1. The Labute approximate surface area is 83.4 Å². The summed E-state index contributed by atoms with van der Waals surface area (Å²) in [5, 5.41) is 9.41. The Kier molecular flexibility index (Phi) is 4.13. The zero-order valence-electron chi connectivity index (χ0n) is 7.98. The summed E-state index contributed by atoms with van der Waals surface area (Å²) in [6.45, 7) is 3.87. The van der Waals surface area contributed by atoms with Crippen LogP contribution in [0, 0.1) is 0 Å². The minimum atomic E-state index is -0.526. The van der Waals surface area contributed by atoms with Gasteiger partial charge in [0.1, 0.15) is 6.61 Å². The predicted octanol–water partition coefficient (Wildman–Crippen LogP) is 1.35. The van der Waals surface area contributed by atoms with E-state index in [2.05, 4.69) is 6.58 Å². The third-order valence-corrected chi connectivity index (χ3v) is 1.99. The highest BCUT2D eigenvalue weighted by Gasteiger charge is 2.16. The Morgan fingerprint density at radius 3 is 3.07 bits per heavy atom. The molecule has 0 bridgehead atoms. The molecule has 0 aliphatic carbocycles. The fourth-order valence-corrected chi connectivity index (χ4v) is 1.20. The number of rotatable bonds is 5. The van der Waals surface area contributed by atoms with Gasteiger partial charge in [0.05, 0.1) is 6.10 Å². The highest BCUT2D eigenvalue weighted by molar-refractivity contribution is 5.90. The summed E-state index contributed by atoms with van der Waals surface area (Å²) in [6, 6.07) is 0. The van der Waals surface area contributed by atoms with Crippen LogP contribution in [-0.2, 0) is 9.53 Å². The number of carbonyl (C=O) groups is 1. The lowest BCUT2D eigenvalue weighted by atomic mass is 10.1. The molecule has 0 spiro atoms. The van der Waals surface area contributed by atoms with Gasteiger partial charge < -0.3 is 9.84 Å². The molecule has 0 saturated heterocycles. The molecule has 76 valence electrons. The van der Waals surface area contributed by atoms with E-state index in [1.54, 1.807) is 24.3 Å². The molecule has 1 aliphatic heterocycles. The molecule has 0 radical (unpaired) electrons. The maximum atomic E-state index is 11.0. The average molecular weight is 194 g/mol. The molecule has 1 heterocycles. The van der Waals surface area contributed by atoms with Crippen molar-refractivity contribution in [2.75, 3.05) is 6.61 Å². The van der Waals surface area contributed by atoms with Gasteiger partial charge in [0.25, 0.3) is 0 Å². The van der Waals surface area contributed by atoms with Crippen molar-refractivity contribution in [2.45, 2.75) is 18.9 Å². The molecule has 0 aromatic carbocycles. The molecule has 3 nitrogen and oxygen atoms in total. The number of hydrogen-bond acceptors (Lipinski definition) is 3. The van der Waals surface area contributed by atoms with E-state index in [0.717, 1.165) is 0 Å². The largest absolute Gasteiger partial charge is 0.458 e. The molecule has 1 atom stereocenters. The Morgan fingerprint density at radius 2 is 2.50 bits per heavy atom. The molecule has 14 heavy (non-hydrogen) atoms. The number of aliphatic hydroxyl groups is 1. The quantitative estimate of drug-likeness (QED) is 0.531. The van der Waals surface area contributed by atoms with Gasteiger partial charge >= 0.3 is 5.97 Å². The van der Waals surface area contributed by atoms with Crippen molar-refractivity contribution in [3.05, 3.63) is 36.5 Å². The van der Waals surface area contributed by atoms with E-state index in [1.807, 2.05) is 0 Å². The molecule has 0 saturated carbocycles. The number of ether oxygens (including phenoxy) is 1. The smallest absolute Gasteiger partial charge is 0.334 e. The molecule has 0 fully saturated rings. The summed E-state index contributed by atoms with van der Waals surface area (Å²) < 4.78 is 4.73. The summed E-state index contributed by atoms with van der Waals surface area (Å²) in [5.74, 6) is -0.259. The van der Waals surface area contributed by atoms with Crippen LogP contribution in [0.3, 0.4) is 0 Å². The van der Waals surface area contributed by atoms with E-state index in [-0.39, 0.29) is 5.97 Å². The molecule has 0 aromatic rings. The number of carbonyl (C=O) groups excluding carboxylic acids is 1. The van der Waals surface area contributed by atoms with Gasteiger partial charge in [0, 0.05) is 5.57 Å². The van der Waals surface area contributed by atoms with E-state index in [0.29, 0.717) is 25.0 Å². The SMILES string of the molecule is C=C/C=C/C(O)CCC1=CCOC1=O. The van der Waals surface area contributed by atoms with Crippen molar-refractivity contribution in [2.24, 2.45) is 0 Å². The first-order chi connectivity index (χ1) is 6.74. The van der Waals surface area contributed by atoms with Gasteiger partial charge in [-0.1, -0.05) is 24.8 Å². The fraction of sp³-hybridized carbons (Fsp3) is 0.364. The van der Waals surface area contributed by atoms with Gasteiger partial charge in [0.15, 0.2) is 0 Å². The van der Waals surface area contributed by atoms with Gasteiger partial charge in [0.2, 0.25) is 0 Å². The molecule has 1 aliphatic rings. The number of esters is 1. The van der Waals surface area contributed by atoms with Crippen LogP contribution in [0.5, 0.6) is 0 Å². The Hall–Kier alpha value is -1.35. The maximum absolute atomic E-state index is 11.0.